The number of aliphatic hydroxyl groups is 1. The van der Waals surface area contributed by atoms with E-state index in [2.05, 4.69) is 17.2 Å². The van der Waals surface area contributed by atoms with Gasteiger partial charge in [0.15, 0.2) is 11.4 Å². The number of hydrogen-bond donors (Lipinski definition) is 2. The Balaban J connectivity index is 2.33. The van der Waals surface area contributed by atoms with Crippen LogP contribution in [-0.2, 0) is 14.3 Å². The largest absolute Gasteiger partial charge is 0.373 e. The van der Waals surface area contributed by atoms with Gasteiger partial charge < -0.3 is 19.9 Å². The van der Waals surface area contributed by atoms with Crippen molar-refractivity contribution >= 4 is 5.91 Å². The van der Waals surface area contributed by atoms with Gasteiger partial charge in [-0.1, -0.05) is 39.5 Å². The van der Waals surface area contributed by atoms with Gasteiger partial charge in [0.05, 0.1) is 12.2 Å². The molecule has 5 heteroatoms. The molecule has 28 heavy (non-hydrogen) atoms. The van der Waals surface area contributed by atoms with E-state index < -0.39 is 16.8 Å². The molecule has 0 bridgehead atoms. The van der Waals surface area contributed by atoms with Crippen molar-refractivity contribution in [1.82, 2.24) is 5.32 Å². The Bertz CT molecular complexity index is 715. The molecule has 0 saturated carbocycles. The number of nitrogens with one attached hydrogen (secondary N) is 1. The average molecular weight is 390 g/mol. The van der Waals surface area contributed by atoms with Crippen molar-refractivity contribution < 1.29 is 19.4 Å². The van der Waals surface area contributed by atoms with Crippen molar-refractivity contribution in [2.24, 2.45) is 5.41 Å². The summed E-state index contributed by atoms with van der Waals surface area (Å²) < 4.78 is 12.2. The molecule has 1 saturated heterocycles. The van der Waals surface area contributed by atoms with E-state index in [-0.39, 0.29) is 18.1 Å². The van der Waals surface area contributed by atoms with Crippen LogP contribution in [0.15, 0.2) is 23.3 Å². The second kappa shape index (κ2) is 8.41. The summed E-state index contributed by atoms with van der Waals surface area (Å²) in [5.41, 5.74) is -0.509. The van der Waals surface area contributed by atoms with E-state index >= 15 is 0 Å². The lowest BCUT2D eigenvalue weighted by Gasteiger charge is -2.48. The number of hydrogen-bond acceptors (Lipinski definition) is 4. The fourth-order valence-corrected chi connectivity index (χ4v) is 3.89. The van der Waals surface area contributed by atoms with Crippen molar-refractivity contribution in [2.75, 3.05) is 6.54 Å². The molecule has 0 aromatic rings. The molecule has 1 aliphatic heterocycles. The average Bonchev–Trinajstić information content (AvgIpc) is 2.87. The summed E-state index contributed by atoms with van der Waals surface area (Å²) in [7, 11) is 0. The Kier molecular flexibility index (Phi) is 6.81. The Hall–Kier alpha value is -1.61. The molecule has 2 N–H and O–H groups in total. The monoisotopic (exact) mass is 389 g/mol. The minimum Gasteiger partial charge on any atom is -0.373 e. The van der Waals surface area contributed by atoms with Crippen molar-refractivity contribution in [3.05, 3.63) is 23.3 Å². The number of allylic oxidation sites excluding steroid dienone is 1. The van der Waals surface area contributed by atoms with Gasteiger partial charge in [0.1, 0.15) is 0 Å². The minimum atomic E-state index is -1.33. The van der Waals surface area contributed by atoms with Crippen LogP contribution in [0.4, 0.5) is 0 Å². The van der Waals surface area contributed by atoms with Gasteiger partial charge in [-0.15, -0.1) is 0 Å². The molecule has 3 atom stereocenters. The molecule has 2 rings (SSSR count). The first kappa shape index (κ1) is 22.7. The maximum absolute atomic E-state index is 12.0. The first-order valence-corrected chi connectivity index (χ1v) is 10.3. The first-order chi connectivity index (χ1) is 13.0. The molecule has 1 fully saturated rings. The summed E-state index contributed by atoms with van der Waals surface area (Å²) in [5.74, 6) is 5.14. The highest BCUT2D eigenvalue weighted by atomic mass is 16.8. The number of carbonyl (C=O) groups excluding carboxylic acids is 1. The van der Waals surface area contributed by atoms with Crippen LogP contribution in [0.25, 0.3) is 0 Å². The van der Waals surface area contributed by atoms with E-state index in [9.17, 15) is 9.90 Å². The van der Waals surface area contributed by atoms with Crippen molar-refractivity contribution in [3.8, 4) is 11.8 Å². The normalized spacial score (nSPS) is 34.6. The molecule has 1 amide bonds. The Morgan fingerprint density at radius 3 is 2.43 bits per heavy atom. The van der Waals surface area contributed by atoms with Crippen molar-refractivity contribution in [3.63, 3.8) is 0 Å². The Morgan fingerprint density at radius 1 is 1.32 bits per heavy atom. The summed E-state index contributed by atoms with van der Waals surface area (Å²) in [6.45, 7) is 14.4. The van der Waals surface area contributed by atoms with E-state index in [0.29, 0.717) is 30.5 Å². The molecular formula is C23H35NO4. The molecule has 1 spiro atoms. The van der Waals surface area contributed by atoms with E-state index in [1.807, 2.05) is 54.5 Å². The third-order valence-electron chi connectivity index (χ3n) is 5.75. The molecule has 156 valence electrons. The van der Waals surface area contributed by atoms with Crippen LogP contribution in [0.1, 0.15) is 67.7 Å². The van der Waals surface area contributed by atoms with Crippen molar-refractivity contribution in [1.29, 1.82) is 0 Å². The van der Waals surface area contributed by atoms with Gasteiger partial charge in [-0.25, -0.2) is 0 Å². The van der Waals surface area contributed by atoms with Crippen LogP contribution in [0.5, 0.6) is 0 Å². The second-order valence-electron chi connectivity index (χ2n) is 8.62. The van der Waals surface area contributed by atoms with E-state index in [1.165, 1.54) is 6.08 Å². The van der Waals surface area contributed by atoms with Gasteiger partial charge in [0.25, 0.3) is 0 Å². The van der Waals surface area contributed by atoms with E-state index in [0.717, 1.165) is 6.42 Å². The van der Waals surface area contributed by atoms with Crippen molar-refractivity contribution in [2.45, 2.75) is 91.3 Å². The van der Waals surface area contributed by atoms with Crippen LogP contribution >= 0.6 is 0 Å². The second-order valence-corrected chi connectivity index (χ2v) is 8.62. The number of carbonyl (C=O) groups is 1. The maximum Gasteiger partial charge on any atom is 0.244 e. The smallest absolute Gasteiger partial charge is 0.244 e. The third-order valence-corrected chi connectivity index (χ3v) is 5.75. The zero-order valence-corrected chi connectivity index (χ0v) is 18.3. The topological polar surface area (TPSA) is 67.8 Å². The lowest BCUT2D eigenvalue weighted by molar-refractivity contribution is -0.182. The van der Waals surface area contributed by atoms with Crippen LogP contribution in [0.2, 0.25) is 0 Å². The molecule has 3 unspecified atom stereocenters. The molecule has 5 nitrogen and oxygen atoms in total. The zero-order chi connectivity index (χ0) is 21.2. The fourth-order valence-electron chi connectivity index (χ4n) is 3.89. The quantitative estimate of drug-likeness (QED) is 0.439. The standard InChI is InChI=1S/C23H35NO4/c1-8-12-24-20(25)13-19(9-2)10-11-23(26)16(3)14-22(15-21(23,6)7)27-17(4)18(5)28-22/h13-14,17-18,26H,8-9,12,15H2,1-7H3,(H,24,25)/b19-13-. The molecule has 1 aliphatic carbocycles. The van der Waals surface area contributed by atoms with Gasteiger partial charge in [0.2, 0.25) is 5.91 Å². The van der Waals surface area contributed by atoms with Gasteiger partial charge >= 0.3 is 0 Å². The van der Waals surface area contributed by atoms with Crippen LogP contribution in [-0.4, -0.2) is 41.2 Å². The van der Waals surface area contributed by atoms with Crippen LogP contribution < -0.4 is 5.32 Å². The Morgan fingerprint density at radius 2 is 1.93 bits per heavy atom. The highest BCUT2D eigenvalue weighted by Gasteiger charge is 2.56. The molecule has 0 aromatic carbocycles. The highest BCUT2D eigenvalue weighted by Crippen LogP contribution is 2.51. The van der Waals surface area contributed by atoms with Crippen LogP contribution in [0.3, 0.4) is 0 Å². The molecular weight excluding hydrogens is 354 g/mol. The summed E-state index contributed by atoms with van der Waals surface area (Å²) in [6.07, 6.45) is 5.39. The maximum atomic E-state index is 12.0. The van der Waals surface area contributed by atoms with Gasteiger partial charge in [-0.2, -0.15) is 0 Å². The molecule has 0 aromatic heterocycles. The lowest BCUT2D eigenvalue weighted by atomic mass is 9.63. The summed E-state index contributed by atoms with van der Waals surface area (Å²) in [6, 6.07) is 0. The molecule has 0 radical (unpaired) electrons. The summed E-state index contributed by atoms with van der Waals surface area (Å²) in [4.78, 5) is 12.0. The van der Waals surface area contributed by atoms with E-state index in [1.54, 1.807) is 0 Å². The summed E-state index contributed by atoms with van der Waals surface area (Å²) in [5, 5.41) is 14.3. The van der Waals surface area contributed by atoms with Gasteiger partial charge in [-0.3, -0.25) is 4.79 Å². The number of ether oxygens (including phenoxy) is 2. The van der Waals surface area contributed by atoms with Gasteiger partial charge in [0, 0.05) is 30.0 Å². The highest BCUT2D eigenvalue weighted by molar-refractivity contribution is 5.88. The molecule has 2 aliphatic rings. The zero-order valence-electron chi connectivity index (χ0n) is 18.3. The summed E-state index contributed by atoms with van der Waals surface area (Å²) >= 11 is 0. The first-order valence-electron chi connectivity index (χ1n) is 10.3. The predicted octanol–water partition coefficient (Wildman–Crippen LogP) is 3.48. The number of rotatable bonds is 4. The predicted molar refractivity (Wildman–Crippen MR) is 110 cm³/mol. The Labute approximate surface area is 169 Å². The molecule has 1 heterocycles. The number of amides is 1. The third kappa shape index (κ3) is 4.51. The van der Waals surface area contributed by atoms with Gasteiger partial charge in [-0.05, 0) is 45.3 Å². The SMILES string of the molecule is CCCNC(=O)/C=C(\C#CC1(O)C(C)=CC2(CC1(C)C)OC(C)C(C)O2)CC. The lowest BCUT2D eigenvalue weighted by Crippen LogP contribution is -2.53. The fraction of sp³-hybridized carbons (Fsp3) is 0.696. The minimum absolute atomic E-state index is 0.00612. The van der Waals surface area contributed by atoms with Crippen LogP contribution in [0, 0.1) is 17.3 Å². The van der Waals surface area contributed by atoms with E-state index in [4.69, 9.17) is 9.47 Å².